The third kappa shape index (κ3) is 4.14. The fraction of sp³-hybridized carbons (Fsp3) is 0.278. The van der Waals surface area contributed by atoms with Crippen LogP contribution in [0.5, 0.6) is 0 Å². The average Bonchev–Trinajstić information content (AvgIpc) is 2.54. The summed E-state index contributed by atoms with van der Waals surface area (Å²) < 4.78 is 16.9. The second-order valence-electron chi connectivity index (χ2n) is 5.29. The Morgan fingerprint density at radius 2 is 1.70 bits per heavy atom. The molecular formula is C18H19BrO3P+. The summed E-state index contributed by atoms with van der Waals surface area (Å²) in [7, 11) is -1.85. The van der Waals surface area contributed by atoms with Crippen LogP contribution in [0, 0.1) is 13.8 Å². The van der Waals surface area contributed by atoms with Gasteiger partial charge in [0.05, 0.1) is 0 Å². The average molecular weight is 394 g/mol. The van der Waals surface area contributed by atoms with Crippen LogP contribution in [-0.4, -0.2) is 12.4 Å². The van der Waals surface area contributed by atoms with Crippen LogP contribution in [0.3, 0.4) is 0 Å². The Morgan fingerprint density at radius 1 is 1.13 bits per heavy atom. The van der Waals surface area contributed by atoms with Crippen molar-refractivity contribution in [2.45, 2.75) is 26.1 Å². The molecule has 0 radical (unpaired) electrons. The van der Waals surface area contributed by atoms with E-state index in [1.165, 1.54) is 0 Å². The van der Waals surface area contributed by atoms with Crippen molar-refractivity contribution in [1.82, 2.24) is 0 Å². The van der Waals surface area contributed by atoms with Gasteiger partial charge in [-0.1, -0.05) is 28.1 Å². The molecule has 0 aromatic heterocycles. The molecule has 0 aliphatic rings. The molecule has 23 heavy (non-hydrogen) atoms. The fourth-order valence-electron chi connectivity index (χ4n) is 2.56. The first kappa shape index (κ1) is 18.0. The van der Waals surface area contributed by atoms with Crippen LogP contribution in [-0.2, 0) is 14.4 Å². The molecule has 0 aliphatic carbocycles. The molecule has 0 spiro atoms. The molecule has 0 saturated heterocycles. The van der Waals surface area contributed by atoms with Crippen LogP contribution in [0.2, 0.25) is 0 Å². The predicted octanol–water partition coefficient (Wildman–Crippen LogP) is 4.83. The van der Waals surface area contributed by atoms with Crippen molar-refractivity contribution in [3.8, 4) is 0 Å². The molecule has 2 aromatic carbocycles. The van der Waals surface area contributed by atoms with Gasteiger partial charge in [-0.05, 0) is 66.3 Å². The number of carbonyl (C=O) groups is 1. The number of hydrogen-bond acceptors (Lipinski definition) is 3. The SMILES string of the molecule is CCO[P+](=O)c1ccc(C(=O)c2c(C)cc(CBr)cc2C)cc1. The highest BCUT2D eigenvalue weighted by atomic mass is 79.9. The molecule has 0 saturated carbocycles. The number of ketones is 1. The van der Waals surface area contributed by atoms with Crippen molar-refractivity contribution in [2.75, 3.05) is 6.61 Å². The topological polar surface area (TPSA) is 43.4 Å². The van der Waals surface area contributed by atoms with E-state index < -0.39 is 8.03 Å². The first-order chi connectivity index (χ1) is 11.0. The molecule has 3 nitrogen and oxygen atoms in total. The Balaban J connectivity index is 2.33. The summed E-state index contributed by atoms with van der Waals surface area (Å²) in [5, 5.41) is 1.36. The normalized spacial score (nSPS) is 11.4. The highest BCUT2D eigenvalue weighted by Gasteiger charge is 2.22. The molecule has 0 heterocycles. The molecule has 1 atom stereocenters. The van der Waals surface area contributed by atoms with E-state index in [1.807, 2.05) is 26.0 Å². The van der Waals surface area contributed by atoms with Gasteiger partial charge >= 0.3 is 8.03 Å². The van der Waals surface area contributed by atoms with Gasteiger partial charge in [0.15, 0.2) is 5.78 Å². The monoisotopic (exact) mass is 393 g/mol. The van der Waals surface area contributed by atoms with Crippen molar-refractivity contribution < 1.29 is 13.9 Å². The first-order valence-electron chi connectivity index (χ1n) is 7.39. The zero-order chi connectivity index (χ0) is 17.0. The molecule has 0 N–H and O–H groups in total. The van der Waals surface area contributed by atoms with Crippen molar-refractivity contribution in [3.63, 3.8) is 0 Å². The Kier molecular flexibility index (Phi) is 6.23. The van der Waals surface area contributed by atoms with Gasteiger partial charge < -0.3 is 0 Å². The van der Waals surface area contributed by atoms with Crippen LogP contribution in [0.4, 0.5) is 0 Å². The molecule has 120 valence electrons. The zero-order valence-corrected chi connectivity index (χ0v) is 15.9. The second kappa shape index (κ2) is 7.96. The van der Waals surface area contributed by atoms with E-state index in [4.69, 9.17) is 4.52 Å². The molecule has 0 bridgehead atoms. The number of carbonyl (C=O) groups excluding carboxylic acids is 1. The number of hydrogen-bond donors (Lipinski definition) is 0. The van der Waals surface area contributed by atoms with Crippen LogP contribution in [0.25, 0.3) is 0 Å². The van der Waals surface area contributed by atoms with Gasteiger partial charge in [0, 0.05) is 16.5 Å². The number of aryl methyl sites for hydroxylation is 2. The number of benzene rings is 2. The largest absolute Gasteiger partial charge is 0.548 e. The minimum Gasteiger partial charge on any atom is -0.289 e. The van der Waals surface area contributed by atoms with Gasteiger partial charge in [0.1, 0.15) is 6.61 Å². The first-order valence-corrected chi connectivity index (χ1v) is 9.68. The molecule has 0 aliphatic heterocycles. The highest BCUT2D eigenvalue weighted by Crippen LogP contribution is 2.24. The molecule has 2 aromatic rings. The summed E-state index contributed by atoms with van der Waals surface area (Å²) in [4.78, 5) is 12.8. The van der Waals surface area contributed by atoms with Gasteiger partial charge in [0.25, 0.3) is 0 Å². The van der Waals surface area contributed by atoms with E-state index in [1.54, 1.807) is 31.2 Å². The summed E-state index contributed by atoms with van der Waals surface area (Å²) in [6.07, 6.45) is 0. The smallest absolute Gasteiger partial charge is 0.289 e. The van der Waals surface area contributed by atoms with E-state index >= 15 is 0 Å². The fourth-order valence-corrected chi connectivity index (χ4v) is 3.66. The second-order valence-corrected chi connectivity index (χ2v) is 7.14. The van der Waals surface area contributed by atoms with Gasteiger partial charge in [-0.25, -0.2) is 0 Å². The standard InChI is InChI=1S/C18H19BrO3P/c1-4-22-23(21)16-7-5-15(6-8-16)18(20)17-12(2)9-14(11-19)10-13(17)3/h5-10H,4,11H2,1-3H3/q+1. The van der Waals surface area contributed by atoms with Crippen LogP contribution < -0.4 is 5.30 Å². The predicted molar refractivity (Wildman–Crippen MR) is 97.3 cm³/mol. The van der Waals surface area contributed by atoms with Crippen molar-refractivity contribution >= 4 is 35.0 Å². The summed E-state index contributed by atoms with van der Waals surface area (Å²) in [6.45, 7) is 6.10. The summed E-state index contributed by atoms with van der Waals surface area (Å²) in [5.41, 5.74) is 4.41. The van der Waals surface area contributed by atoms with Gasteiger partial charge in [-0.3, -0.25) is 4.79 Å². The maximum atomic E-state index is 12.8. The van der Waals surface area contributed by atoms with E-state index in [9.17, 15) is 9.36 Å². The number of alkyl halides is 1. The van der Waals surface area contributed by atoms with Crippen molar-refractivity contribution in [2.24, 2.45) is 0 Å². The van der Waals surface area contributed by atoms with E-state index in [0.29, 0.717) is 17.5 Å². The third-order valence-electron chi connectivity index (χ3n) is 3.56. The Labute approximate surface area is 146 Å². The van der Waals surface area contributed by atoms with E-state index in [-0.39, 0.29) is 5.78 Å². The summed E-state index contributed by atoms with van der Waals surface area (Å²) >= 11 is 3.44. The Hall–Kier alpha value is -1.35. The van der Waals surface area contributed by atoms with Gasteiger partial charge in [-0.2, -0.15) is 0 Å². The molecule has 0 amide bonds. The quantitative estimate of drug-likeness (QED) is 0.400. The van der Waals surface area contributed by atoms with Crippen LogP contribution in [0.15, 0.2) is 36.4 Å². The summed E-state index contributed by atoms with van der Waals surface area (Å²) in [6, 6.07) is 10.9. The molecule has 5 heteroatoms. The lowest BCUT2D eigenvalue weighted by Gasteiger charge is -2.11. The highest BCUT2D eigenvalue weighted by molar-refractivity contribution is 9.08. The lowest BCUT2D eigenvalue weighted by Crippen LogP contribution is -2.08. The van der Waals surface area contributed by atoms with Gasteiger partial charge in [-0.15, -0.1) is 4.52 Å². The Bertz CT molecular complexity index is 715. The minimum absolute atomic E-state index is 0.0145. The zero-order valence-electron chi connectivity index (χ0n) is 13.4. The van der Waals surface area contributed by atoms with E-state index in [2.05, 4.69) is 15.9 Å². The van der Waals surface area contributed by atoms with Crippen LogP contribution >= 0.6 is 24.0 Å². The maximum Gasteiger partial charge on any atom is 0.548 e. The molecular weight excluding hydrogens is 375 g/mol. The van der Waals surface area contributed by atoms with E-state index in [0.717, 1.165) is 27.6 Å². The molecule has 2 rings (SSSR count). The Morgan fingerprint density at radius 3 is 2.17 bits per heavy atom. The number of rotatable bonds is 6. The van der Waals surface area contributed by atoms with Gasteiger partial charge in [0.2, 0.25) is 5.30 Å². The minimum atomic E-state index is -1.85. The summed E-state index contributed by atoms with van der Waals surface area (Å²) in [5.74, 6) is -0.0145. The van der Waals surface area contributed by atoms with Crippen LogP contribution in [0.1, 0.15) is 39.5 Å². The van der Waals surface area contributed by atoms with Crippen molar-refractivity contribution in [1.29, 1.82) is 0 Å². The lowest BCUT2D eigenvalue weighted by molar-refractivity contribution is 0.103. The number of halogens is 1. The van der Waals surface area contributed by atoms with Crippen molar-refractivity contribution in [3.05, 3.63) is 64.2 Å². The molecule has 1 unspecified atom stereocenters. The lowest BCUT2D eigenvalue weighted by atomic mass is 9.93. The maximum absolute atomic E-state index is 12.8. The third-order valence-corrected chi connectivity index (χ3v) is 5.42. The molecule has 0 fully saturated rings.